The van der Waals surface area contributed by atoms with Gasteiger partial charge in [0.25, 0.3) is 0 Å². The zero-order valence-corrected chi connectivity index (χ0v) is 13.1. The number of rotatable bonds is 2. The van der Waals surface area contributed by atoms with Gasteiger partial charge in [-0.05, 0) is 56.0 Å². The van der Waals surface area contributed by atoms with Crippen LogP contribution in [0.5, 0.6) is 0 Å². The number of fused-ring (bicyclic) bond motifs is 1. The van der Waals surface area contributed by atoms with Crippen LogP contribution in [0.4, 0.5) is 10.1 Å². The number of anilines is 1. The van der Waals surface area contributed by atoms with Crippen molar-refractivity contribution < 1.29 is 9.18 Å². The van der Waals surface area contributed by atoms with Gasteiger partial charge in [-0.25, -0.2) is 4.39 Å². The predicted molar refractivity (Wildman–Crippen MR) is 84.3 cm³/mol. The van der Waals surface area contributed by atoms with E-state index >= 15 is 0 Å². The number of benzene rings is 1. The molecule has 2 aliphatic rings. The predicted octanol–water partition coefficient (Wildman–Crippen LogP) is 3.27. The summed E-state index contributed by atoms with van der Waals surface area (Å²) in [4.78, 5) is 12.7. The van der Waals surface area contributed by atoms with E-state index in [1.807, 2.05) is 0 Å². The summed E-state index contributed by atoms with van der Waals surface area (Å²) in [5, 5.41) is 6.37. The lowest BCUT2D eigenvalue weighted by Gasteiger charge is -2.37. The van der Waals surface area contributed by atoms with Crippen LogP contribution in [0.1, 0.15) is 31.2 Å². The normalized spacial score (nSPS) is 27.6. The van der Waals surface area contributed by atoms with Crippen molar-refractivity contribution in [1.29, 1.82) is 0 Å². The highest BCUT2D eigenvalue weighted by Crippen LogP contribution is 2.44. The Hall–Kier alpha value is -1.13. The van der Waals surface area contributed by atoms with Gasteiger partial charge in [0.2, 0.25) is 5.91 Å². The van der Waals surface area contributed by atoms with E-state index in [1.54, 1.807) is 19.1 Å². The summed E-state index contributed by atoms with van der Waals surface area (Å²) in [6.07, 6.45) is 4.42. The molecule has 0 aromatic heterocycles. The summed E-state index contributed by atoms with van der Waals surface area (Å²) >= 11 is 0. The second-order valence-electron chi connectivity index (χ2n) is 6.15. The molecule has 1 saturated heterocycles. The van der Waals surface area contributed by atoms with E-state index in [4.69, 9.17) is 0 Å². The van der Waals surface area contributed by atoms with Gasteiger partial charge in [0, 0.05) is 12.2 Å². The van der Waals surface area contributed by atoms with Crippen LogP contribution < -0.4 is 10.6 Å². The van der Waals surface area contributed by atoms with E-state index in [9.17, 15) is 9.18 Å². The highest BCUT2D eigenvalue weighted by molar-refractivity contribution is 5.96. The zero-order chi connectivity index (χ0) is 14.2. The lowest BCUT2D eigenvalue weighted by molar-refractivity contribution is -0.128. The third kappa shape index (κ3) is 2.92. The SMILES string of the molecule is Cc1cc(NC(=O)[C@@]23CCCC[C@H]2CNC3)ccc1F.Cl. The Morgan fingerprint density at radius 2 is 2.24 bits per heavy atom. The summed E-state index contributed by atoms with van der Waals surface area (Å²) in [5.41, 5.74) is 0.991. The minimum Gasteiger partial charge on any atom is -0.326 e. The first-order valence-corrected chi connectivity index (χ1v) is 7.40. The van der Waals surface area contributed by atoms with Crippen LogP contribution in [-0.4, -0.2) is 19.0 Å². The number of aryl methyl sites for hydroxylation is 1. The highest BCUT2D eigenvalue weighted by Gasteiger charge is 2.49. The van der Waals surface area contributed by atoms with Gasteiger partial charge >= 0.3 is 0 Å². The van der Waals surface area contributed by atoms with Crippen molar-refractivity contribution >= 4 is 24.0 Å². The van der Waals surface area contributed by atoms with Crippen LogP contribution in [-0.2, 0) is 4.79 Å². The Balaban J connectivity index is 0.00000161. The fourth-order valence-electron chi connectivity index (χ4n) is 3.67. The van der Waals surface area contributed by atoms with Gasteiger partial charge < -0.3 is 10.6 Å². The minimum absolute atomic E-state index is 0. The van der Waals surface area contributed by atoms with Gasteiger partial charge in [-0.1, -0.05) is 12.8 Å². The first-order valence-electron chi connectivity index (χ1n) is 7.40. The molecular formula is C16H22ClFN2O. The standard InChI is InChI=1S/C16H21FN2O.ClH/c1-11-8-13(5-6-14(11)17)19-15(20)16-7-3-2-4-12(16)9-18-10-16;/h5-6,8,12,18H,2-4,7,9-10H2,1H3,(H,19,20);1H/t12-,16+;/m0./s1. The highest BCUT2D eigenvalue weighted by atomic mass is 35.5. The summed E-state index contributed by atoms with van der Waals surface area (Å²) in [6.45, 7) is 3.42. The van der Waals surface area contributed by atoms with E-state index in [0.717, 1.165) is 32.4 Å². The summed E-state index contributed by atoms with van der Waals surface area (Å²) in [7, 11) is 0. The van der Waals surface area contributed by atoms with Crippen molar-refractivity contribution in [3.63, 3.8) is 0 Å². The maximum atomic E-state index is 13.3. The average Bonchev–Trinajstić information content (AvgIpc) is 2.88. The molecule has 1 heterocycles. The number of nitrogens with one attached hydrogen (secondary N) is 2. The molecule has 2 N–H and O–H groups in total. The van der Waals surface area contributed by atoms with E-state index in [-0.39, 0.29) is 29.5 Å². The molecule has 1 aromatic carbocycles. The minimum atomic E-state index is -0.263. The number of carbonyl (C=O) groups is 1. The number of amides is 1. The number of hydrogen-bond donors (Lipinski definition) is 2. The molecule has 2 atom stereocenters. The molecule has 116 valence electrons. The fourth-order valence-corrected chi connectivity index (χ4v) is 3.67. The van der Waals surface area contributed by atoms with E-state index in [0.29, 0.717) is 17.2 Å². The van der Waals surface area contributed by atoms with E-state index in [2.05, 4.69) is 10.6 Å². The van der Waals surface area contributed by atoms with Crippen molar-refractivity contribution in [2.75, 3.05) is 18.4 Å². The number of hydrogen-bond acceptors (Lipinski definition) is 2. The van der Waals surface area contributed by atoms with Crippen LogP contribution in [0.3, 0.4) is 0 Å². The third-order valence-corrected chi connectivity index (χ3v) is 4.91. The quantitative estimate of drug-likeness (QED) is 0.880. The van der Waals surface area contributed by atoms with Gasteiger partial charge in [-0.3, -0.25) is 4.79 Å². The topological polar surface area (TPSA) is 41.1 Å². The number of carbonyl (C=O) groups excluding carboxylic acids is 1. The second kappa shape index (κ2) is 6.32. The van der Waals surface area contributed by atoms with E-state index in [1.165, 1.54) is 12.5 Å². The first-order chi connectivity index (χ1) is 9.62. The molecule has 1 saturated carbocycles. The summed E-state index contributed by atoms with van der Waals surface area (Å²) in [5.74, 6) is 0.301. The first kappa shape index (κ1) is 16.2. The van der Waals surface area contributed by atoms with Gasteiger partial charge in [0.15, 0.2) is 0 Å². The van der Waals surface area contributed by atoms with Crippen LogP contribution in [0.25, 0.3) is 0 Å². The van der Waals surface area contributed by atoms with Crippen molar-refractivity contribution in [3.05, 3.63) is 29.6 Å². The molecule has 1 amide bonds. The lowest BCUT2D eigenvalue weighted by atomic mass is 9.67. The van der Waals surface area contributed by atoms with Gasteiger partial charge in [-0.15, -0.1) is 12.4 Å². The molecule has 2 fully saturated rings. The Bertz CT molecular complexity index is 537. The van der Waals surface area contributed by atoms with Gasteiger partial charge in [0.05, 0.1) is 5.41 Å². The molecule has 0 spiro atoms. The summed E-state index contributed by atoms with van der Waals surface area (Å²) in [6, 6.07) is 4.75. The monoisotopic (exact) mass is 312 g/mol. The van der Waals surface area contributed by atoms with Crippen molar-refractivity contribution in [2.24, 2.45) is 11.3 Å². The molecule has 0 unspecified atom stereocenters. The van der Waals surface area contributed by atoms with Crippen LogP contribution in [0.2, 0.25) is 0 Å². The third-order valence-electron chi connectivity index (χ3n) is 4.91. The van der Waals surface area contributed by atoms with Crippen molar-refractivity contribution in [3.8, 4) is 0 Å². The van der Waals surface area contributed by atoms with Crippen molar-refractivity contribution in [2.45, 2.75) is 32.6 Å². The molecule has 5 heteroatoms. The van der Waals surface area contributed by atoms with Crippen LogP contribution in [0, 0.1) is 24.1 Å². The van der Waals surface area contributed by atoms with Crippen molar-refractivity contribution in [1.82, 2.24) is 5.32 Å². The largest absolute Gasteiger partial charge is 0.326 e. The van der Waals surface area contributed by atoms with Crippen LogP contribution in [0.15, 0.2) is 18.2 Å². The molecule has 21 heavy (non-hydrogen) atoms. The second-order valence-corrected chi connectivity index (χ2v) is 6.15. The Kier molecular flexibility index (Phi) is 4.89. The molecule has 0 radical (unpaired) electrons. The van der Waals surface area contributed by atoms with Gasteiger partial charge in [-0.2, -0.15) is 0 Å². The molecule has 1 aliphatic heterocycles. The Labute approximate surface area is 131 Å². The molecule has 0 bridgehead atoms. The Morgan fingerprint density at radius 1 is 1.43 bits per heavy atom. The van der Waals surface area contributed by atoms with E-state index < -0.39 is 0 Å². The smallest absolute Gasteiger partial charge is 0.232 e. The fraction of sp³-hybridized carbons (Fsp3) is 0.562. The van der Waals surface area contributed by atoms with Gasteiger partial charge in [0.1, 0.15) is 5.82 Å². The molecule has 3 rings (SSSR count). The van der Waals surface area contributed by atoms with Crippen LogP contribution >= 0.6 is 12.4 Å². The zero-order valence-electron chi connectivity index (χ0n) is 12.2. The maximum Gasteiger partial charge on any atom is 0.232 e. The average molecular weight is 313 g/mol. The lowest BCUT2D eigenvalue weighted by Crippen LogP contribution is -2.44. The molecule has 1 aliphatic carbocycles. The summed E-state index contributed by atoms with van der Waals surface area (Å²) < 4.78 is 13.3. The molecule has 1 aromatic rings. The Morgan fingerprint density at radius 3 is 3.00 bits per heavy atom. The molecule has 3 nitrogen and oxygen atoms in total. The number of halogens is 2. The maximum absolute atomic E-state index is 13.3. The molecular weight excluding hydrogens is 291 g/mol.